The summed E-state index contributed by atoms with van der Waals surface area (Å²) in [7, 11) is -4.00. The maximum atomic E-state index is 13.5. The summed E-state index contributed by atoms with van der Waals surface area (Å²) in [6, 6.07) is 17.9. The molecule has 0 amide bonds. The van der Waals surface area contributed by atoms with E-state index >= 15 is 0 Å². The third-order valence-corrected chi connectivity index (χ3v) is 7.71. The third-order valence-electron chi connectivity index (χ3n) is 5.91. The Hall–Kier alpha value is -3.29. The molecule has 33 heavy (non-hydrogen) atoms. The predicted molar refractivity (Wildman–Crippen MR) is 128 cm³/mol. The van der Waals surface area contributed by atoms with Gasteiger partial charge in [0.1, 0.15) is 5.82 Å². The summed E-state index contributed by atoms with van der Waals surface area (Å²) in [6.07, 6.45) is 0. The quantitative estimate of drug-likeness (QED) is 0.437. The van der Waals surface area contributed by atoms with Crippen LogP contribution in [0.5, 0.6) is 0 Å². The number of hydrogen-bond acceptors (Lipinski definition) is 3. The smallest absolute Gasteiger partial charge is 0.252 e. The summed E-state index contributed by atoms with van der Waals surface area (Å²) in [5.41, 5.74) is 4.63. The first-order chi connectivity index (χ1) is 15.6. The van der Waals surface area contributed by atoms with Crippen LogP contribution >= 0.6 is 0 Å². The molecule has 0 atom stereocenters. The Balaban J connectivity index is 1.78. The van der Waals surface area contributed by atoms with E-state index in [1.165, 1.54) is 16.4 Å². The Labute approximate surface area is 192 Å². The minimum Gasteiger partial charge on any atom is -0.321 e. The normalized spacial score (nSPS) is 11.9. The van der Waals surface area contributed by atoms with Crippen molar-refractivity contribution in [1.29, 1.82) is 0 Å². The van der Waals surface area contributed by atoms with Gasteiger partial charge in [0.25, 0.3) is 5.56 Å². The number of benzene rings is 3. The van der Waals surface area contributed by atoms with Gasteiger partial charge in [0.15, 0.2) is 0 Å². The van der Waals surface area contributed by atoms with Crippen molar-refractivity contribution in [2.45, 2.75) is 38.8 Å². The second kappa shape index (κ2) is 8.92. The molecule has 0 aliphatic carbocycles. The average molecular weight is 465 g/mol. The fourth-order valence-corrected chi connectivity index (χ4v) is 5.16. The molecule has 0 bridgehead atoms. The van der Waals surface area contributed by atoms with E-state index in [0.29, 0.717) is 5.56 Å². The summed E-state index contributed by atoms with van der Waals surface area (Å²) in [5, 5.41) is 0.835. The first-order valence-electron chi connectivity index (χ1n) is 10.6. The van der Waals surface area contributed by atoms with Crippen LogP contribution in [-0.2, 0) is 23.1 Å². The maximum Gasteiger partial charge on any atom is 0.252 e. The van der Waals surface area contributed by atoms with Gasteiger partial charge >= 0.3 is 0 Å². The molecular weight excluding hydrogens is 439 g/mol. The van der Waals surface area contributed by atoms with Crippen LogP contribution in [0.25, 0.3) is 10.9 Å². The number of hydrogen-bond donors (Lipinski definition) is 1. The van der Waals surface area contributed by atoms with Crippen LogP contribution in [0.2, 0.25) is 0 Å². The van der Waals surface area contributed by atoms with Crippen molar-refractivity contribution >= 4 is 20.9 Å². The van der Waals surface area contributed by atoms with E-state index in [1.807, 2.05) is 57.2 Å². The van der Waals surface area contributed by atoms with Crippen molar-refractivity contribution in [3.63, 3.8) is 0 Å². The number of pyridine rings is 1. The van der Waals surface area contributed by atoms with Crippen molar-refractivity contribution in [2.24, 2.45) is 0 Å². The molecule has 0 fully saturated rings. The Morgan fingerprint density at radius 1 is 0.879 bits per heavy atom. The van der Waals surface area contributed by atoms with Crippen LogP contribution < -0.4 is 5.56 Å². The lowest BCUT2D eigenvalue weighted by Gasteiger charge is -2.22. The molecule has 5 nitrogen and oxygen atoms in total. The number of aromatic nitrogens is 1. The Morgan fingerprint density at radius 3 is 2.21 bits per heavy atom. The highest BCUT2D eigenvalue weighted by Crippen LogP contribution is 2.23. The molecule has 4 aromatic rings. The second-order valence-corrected chi connectivity index (χ2v) is 10.2. The summed E-state index contributed by atoms with van der Waals surface area (Å²) < 4.78 is 41.6. The van der Waals surface area contributed by atoms with Gasteiger partial charge in [-0.1, -0.05) is 42.0 Å². The van der Waals surface area contributed by atoms with Crippen LogP contribution in [0.15, 0.2) is 76.4 Å². The highest BCUT2D eigenvalue weighted by Gasteiger charge is 2.26. The number of aromatic amines is 1. The molecule has 0 spiro atoms. The minimum atomic E-state index is -4.00. The summed E-state index contributed by atoms with van der Waals surface area (Å²) in [4.78, 5) is 15.8. The number of sulfonamides is 1. The van der Waals surface area contributed by atoms with E-state index in [-0.39, 0.29) is 23.5 Å². The molecule has 0 saturated carbocycles. The number of rotatable bonds is 6. The van der Waals surface area contributed by atoms with Gasteiger partial charge in [-0.15, -0.1) is 0 Å². The fourth-order valence-electron chi connectivity index (χ4n) is 3.76. The monoisotopic (exact) mass is 464 g/mol. The number of halogens is 1. The van der Waals surface area contributed by atoms with Gasteiger partial charge in [0.05, 0.1) is 10.4 Å². The first kappa shape index (κ1) is 22.9. The van der Waals surface area contributed by atoms with E-state index in [1.54, 1.807) is 6.07 Å². The van der Waals surface area contributed by atoms with E-state index in [0.717, 1.165) is 45.3 Å². The van der Waals surface area contributed by atoms with Gasteiger partial charge in [0, 0.05) is 18.7 Å². The van der Waals surface area contributed by atoms with Crippen LogP contribution in [0.1, 0.15) is 27.8 Å². The highest BCUT2D eigenvalue weighted by molar-refractivity contribution is 7.89. The van der Waals surface area contributed by atoms with Crippen molar-refractivity contribution in [2.75, 3.05) is 0 Å². The number of nitrogens with one attached hydrogen (secondary N) is 1. The number of H-pyrrole nitrogens is 1. The number of nitrogens with zero attached hydrogens (tertiary/aromatic N) is 1. The van der Waals surface area contributed by atoms with Crippen LogP contribution in [-0.4, -0.2) is 17.7 Å². The zero-order valence-electron chi connectivity index (χ0n) is 18.7. The topological polar surface area (TPSA) is 70.2 Å². The van der Waals surface area contributed by atoms with E-state index in [4.69, 9.17) is 0 Å². The molecule has 0 aliphatic heterocycles. The van der Waals surface area contributed by atoms with E-state index < -0.39 is 15.8 Å². The molecule has 0 saturated heterocycles. The van der Waals surface area contributed by atoms with E-state index in [9.17, 15) is 17.6 Å². The lowest BCUT2D eigenvalue weighted by molar-refractivity contribution is 0.399. The molecule has 1 aromatic heterocycles. The van der Waals surface area contributed by atoms with Crippen LogP contribution in [0, 0.1) is 26.6 Å². The van der Waals surface area contributed by atoms with Crippen LogP contribution in [0.3, 0.4) is 0 Å². The Bertz CT molecular complexity index is 1480. The molecule has 3 aromatic carbocycles. The van der Waals surface area contributed by atoms with Gasteiger partial charge in [-0.2, -0.15) is 4.31 Å². The molecule has 0 aliphatic rings. The summed E-state index contributed by atoms with van der Waals surface area (Å²) in [5.74, 6) is -0.518. The summed E-state index contributed by atoms with van der Waals surface area (Å²) >= 11 is 0. The van der Waals surface area contributed by atoms with Gasteiger partial charge in [0.2, 0.25) is 10.0 Å². The predicted octanol–water partition coefficient (Wildman–Crippen LogP) is 4.98. The lowest BCUT2D eigenvalue weighted by atomic mass is 10.0. The Kier molecular flexibility index (Phi) is 6.19. The molecule has 170 valence electrons. The Morgan fingerprint density at radius 2 is 1.55 bits per heavy atom. The molecule has 1 heterocycles. The third kappa shape index (κ3) is 4.74. The molecule has 7 heteroatoms. The maximum absolute atomic E-state index is 13.5. The van der Waals surface area contributed by atoms with Gasteiger partial charge in [-0.25, -0.2) is 12.8 Å². The molecular formula is C26H25FN2O3S. The second-order valence-electron chi connectivity index (χ2n) is 8.31. The molecule has 1 N–H and O–H groups in total. The fraction of sp³-hybridized carbons (Fsp3) is 0.192. The zero-order chi connectivity index (χ0) is 23.8. The first-order valence-corrected chi connectivity index (χ1v) is 12.0. The number of fused-ring (bicyclic) bond motifs is 1. The molecule has 0 unspecified atom stereocenters. The largest absolute Gasteiger partial charge is 0.321 e. The molecule has 4 rings (SSSR count). The van der Waals surface area contributed by atoms with Gasteiger partial charge in [-0.05, 0) is 73.2 Å². The minimum absolute atomic E-state index is 0.0281. The van der Waals surface area contributed by atoms with Crippen molar-refractivity contribution in [1.82, 2.24) is 9.29 Å². The standard InChI is InChI=1S/C26H25FN2O3S/c1-17-4-7-20(8-5-17)15-29(33(31,32)24-12-10-23(27)11-13-24)16-22-14-21-9-6-18(2)19(3)25(21)28-26(22)30/h4-14H,15-16H2,1-3H3,(H,28,30). The SMILES string of the molecule is Cc1ccc(CN(Cc2cc3ccc(C)c(C)c3[nH]c2=O)S(=O)(=O)c2ccc(F)cc2)cc1. The average Bonchev–Trinajstić information content (AvgIpc) is 2.78. The molecule has 0 radical (unpaired) electrons. The van der Waals surface area contributed by atoms with Crippen molar-refractivity contribution < 1.29 is 12.8 Å². The highest BCUT2D eigenvalue weighted by atomic mass is 32.2. The van der Waals surface area contributed by atoms with Crippen LogP contribution in [0.4, 0.5) is 4.39 Å². The zero-order valence-corrected chi connectivity index (χ0v) is 19.5. The summed E-state index contributed by atoms with van der Waals surface area (Å²) in [6.45, 7) is 5.82. The lowest BCUT2D eigenvalue weighted by Crippen LogP contribution is -2.32. The van der Waals surface area contributed by atoms with Crippen molar-refractivity contribution in [3.8, 4) is 0 Å². The van der Waals surface area contributed by atoms with E-state index in [2.05, 4.69) is 4.98 Å². The van der Waals surface area contributed by atoms with Gasteiger partial charge < -0.3 is 4.98 Å². The van der Waals surface area contributed by atoms with Gasteiger partial charge in [-0.3, -0.25) is 4.79 Å². The number of aryl methyl sites for hydroxylation is 3. The van der Waals surface area contributed by atoms with Crippen molar-refractivity contribution in [3.05, 3.63) is 111 Å².